The first-order chi connectivity index (χ1) is 16.7. The molecular formula is C26H30N4O3S2. The van der Waals surface area contributed by atoms with Gasteiger partial charge in [0.25, 0.3) is 11.1 Å². The molecule has 1 aromatic carbocycles. The molecule has 0 saturated carbocycles. The van der Waals surface area contributed by atoms with Crippen molar-refractivity contribution < 1.29 is 13.9 Å². The fourth-order valence-electron chi connectivity index (χ4n) is 4.34. The number of hydrogen-bond donors (Lipinski definition) is 1. The molecule has 2 heterocycles. The molecular weight excluding hydrogens is 480 g/mol. The lowest BCUT2D eigenvalue weighted by Gasteiger charge is -2.33. The minimum Gasteiger partial charge on any atom is -0.483 e. The molecule has 0 unspecified atom stereocenters. The van der Waals surface area contributed by atoms with E-state index < -0.39 is 0 Å². The number of benzene rings is 1. The molecule has 0 saturated heterocycles. The third-order valence-corrected chi connectivity index (χ3v) is 8.37. The summed E-state index contributed by atoms with van der Waals surface area (Å²) in [5.74, 6) is 1.63. The summed E-state index contributed by atoms with van der Waals surface area (Å²) in [6, 6.07) is 8.27. The maximum Gasteiger partial charge on any atom is 0.277 e. The molecule has 4 rings (SSSR count). The SMILES string of the molecule is Cc1cccc(C)c1OCc1nnc(SCC(=O)Nc2sc3c(c2C#N)CC[C@H](C(C)(C)C)C3)o1. The third-order valence-electron chi connectivity index (χ3n) is 6.38. The summed E-state index contributed by atoms with van der Waals surface area (Å²) in [4.78, 5) is 13.9. The van der Waals surface area contributed by atoms with Gasteiger partial charge in [-0.05, 0) is 61.1 Å². The lowest BCUT2D eigenvalue weighted by molar-refractivity contribution is -0.113. The van der Waals surface area contributed by atoms with Gasteiger partial charge in [-0.2, -0.15) is 5.26 Å². The van der Waals surface area contributed by atoms with Crippen LogP contribution < -0.4 is 10.1 Å². The lowest BCUT2D eigenvalue weighted by atomic mass is 9.72. The number of anilines is 1. The van der Waals surface area contributed by atoms with Gasteiger partial charge < -0.3 is 14.5 Å². The Balaban J connectivity index is 1.33. The summed E-state index contributed by atoms with van der Waals surface area (Å²) in [7, 11) is 0. The van der Waals surface area contributed by atoms with Gasteiger partial charge in [0, 0.05) is 4.88 Å². The van der Waals surface area contributed by atoms with E-state index in [1.807, 2.05) is 32.0 Å². The number of thiophene rings is 1. The molecule has 0 radical (unpaired) electrons. The molecule has 9 heteroatoms. The molecule has 7 nitrogen and oxygen atoms in total. The maximum atomic E-state index is 12.6. The van der Waals surface area contributed by atoms with Crippen molar-refractivity contribution in [1.82, 2.24) is 10.2 Å². The minimum absolute atomic E-state index is 0.109. The number of carbonyl (C=O) groups is 1. The summed E-state index contributed by atoms with van der Waals surface area (Å²) in [5, 5.41) is 21.6. The third kappa shape index (κ3) is 5.88. The van der Waals surface area contributed by atoms with Crippen molar-refractivity contribution in [3.63, 3.8) is 0 Å². The van der Waals surface area contributed by atoms with Crippen LogP contribution in [0.1, 0.15) is 60.2 Å². The number of nitrogens with one attached hydrogen (secondary N) is 1. The molecule has 0 bridgehead atoms. The second kappa shape index (κ2) is 10.4. The number of ether oxygens (including phenoxy) is 1. The number of fused-ring (bicyclic) bond motifs is 1. The van der Waals surface area contributed by atoms with Crippen LogP contribution in [-0.2, 0) is 24.2 Å². The van der Waals surface area contributed by atoms with Gasteiger partial charge >= 0.3 is 0 Å². The van der Waals surface area contributed by atoms with Crippen LogP contribution in [0, 0.1) is 36.5 Å². The fraction of sp³-hybridized carbons (Fsp3) is 0.462. The van der Waals surface area contributed by atoms with E-state index in [1.165, 1.54) is 16.2 Å². The van der Waals surface area contributed by atoms with E-state index in [-0.39, 0.29) is 23.7 Å². The van der Waals surface area contributed by atoms with Crippen LogP contribution in [0.3, 0.4) is 0 Å². The molecule has 0 spiro atoms. The summed E-state index contributed by atoms with van der Waals surface area (Å²) in [6.07, 6.45) is 2.91. The number of hydrogen-bond acceptors (Lipinski definition) is 8. The molecule has 1 aliphatic carbocycles. The van der Waals surface area contributed by atoms with Gasteiger partial charge in [0.15, 0.2) is 6.61 Å². The van der Waals surface area contributed by atoms with Crippen LogP contribution in [0.2, 0.25) is 0 Å². The summed E-state index contributed by atoms with van der Waals surface area (Å²) < 4.78 is 11.5. The molecule has 2 aromatic heterocycles. The van der Waals surface area contributed by atoms with Gasteiger partial charge in [0.05, 0.1) is 11.3 Å². The largest absolute Gasteiger partial charge is 0.483 e. The number of amides is 1. The van der Waals surface area contributed by atoms with E-state index in [2.05, 4.69) is 42.4 Å². The number of carbonyl (C=O) groups excluding carboxylic acids is 1. The predicted molar refractivity (Wildman–Crippen MR) is 138 cm³/mol. The Labute approximate surface area is 214 Å². The Hall–Kier alpha value is -2.83. The molecule has 184 valence electrons. The number of thioether (sulfide) groups is 1. The topological polar surface area (TPSA) is 101 Å². The van der Waals surface area contributed by atoms with Crippen molar-refractivity contribution in [1.29, 1.82) is 5.26 Å². The maximum absolute atomic E-state index is 12.6. The molecule has 3 aromatic rings. The van der Waals surface area contributed by atoms with E-state index in [0.717, 1.165) is 53.5 Å². The van der Waals surface area contributed by atoms with Crippen LogP contribution in [0.5, 0.6) is 5.75 Å². The highest BCUT2D eigenvalue weighted by Crippen LogP contribution is 2.44. The number of nitriles is 1. The first kappa shape index (κ1) is 25.3. The average Bonchev–Trinajstić information content (AvgIpc) is 3.39. The number of para-hydroxylation sites is 1. The van der Waals surface area contributed by atoms with Gasteiger partial charge in [-0.15, -0.1) is 21.5 Å². The fourth-order valence-corrected chi connectivity index (χ4v) is 6.21. The van der Waals surface area contributed by atoms with Gasteiger partial charge in [0.2, 0.25) is 5.91 Å². The van der Waals surface area contributed by atoms with Gasteiger partial charge in [-0.25, -0.2) is 0 Å². The van der Waals surface area contributed by atoms with Crippen LogP contribution in [0.25, 0.3) is 0 Å². The molecule has 1 aliphatic rings. The Morgan fingerprint density at radius 2 is 2.06 bits per heavy atom. The molecule has 1 atom stereocenters. The minimum atomic E-state index is -0.205. The molecule has 0 fully saturated rings. The smallest absolute Gasteiger partial charge is 0.277 e. The average molecular weight is 511 g/mol. The zero-order chi connectivity index (χ0) is 25.2. The zero-order valence-electron chi connectivity index (χ0n) is 20.7. The van der Waals surface area contributed by atoms with E-state index in [4.69, 9.17) is 9.15 Å². The van der Waals surface area contributed by atoms with E-state index in [1.54, 1.807) is 0 Å². The highest BCUT2D eigenvalue weighted by Gasteiger charge is 2.32. The summed E-state index contributed by atoms with van der Waals surface area (Å²) in [6.45, 7) is 10.9. The highest BCUT2D eigenvalue weighted by molar-refractivity contribution is 7.99. The van der Waals surface area contributed by atoms with Crippen molar-refractivity contribution in [2.24, 2.45) is 11.3 Å². The molecule has 1 amide bonds. The standard InChI is InChI=1S/C26H30N4O3S2/c1-15-7-6-8-16(2)23(15)32-13-22-29-30-25(33-22)34-14-21(31)28-24-19(12-27)18-10-9-17(26(3,4)5)11-20(18)35-24/h6-8,17H,9-11,13-14H2,1-5H3,(H,28,31)/t17-/m0/s1. The van der Waals surface area contributed by atoms with Gasteiger partial charge in [0.1, 0.15) is 16.8 Å². The van der Waals surface area contributed by atoms with Crippen molar-refractivity contribution in [3.05, 3.63) is 51.2 Å². The second-order valence-electron chi connectivity index (χ2n) is 9.93. The zero-order valence-corrected chi connectivity index (χ0v) is 22.4. The number of aromatic nitrogens is 2. The first-order valence-electron chi connectivity index (χ1n) is 11.6. The van der Waals surface area contributed by atoms with E-state index >= 15 is 0 Å². The predicted octanol–water partition coefficient (Wildman–Crippen LogP) is 6.08. The Morgan fingerprint density at radius 3 is 2.74 bits per heavy atom. The molecule has 35 heavy (non-hydrogen) atoms. The number of nitrogens with zero attached hydrogens (tertiary/aromatic N) is 3. The Bertz CT molecular complexity index is 1250. The Kier molecular flexibility index (Phi) is 7.53. The Morgan fingerprint density at radius 1 is 1.31 bits per heavy atom. The number of rotatable bonds is 7. The summed E-state index contributed by atoms with van der Waals surface area (Å²) >= 11 is 2.70. The van der Waals surface area contributed by atoms with Crippen LogP contribution in [0.15, 0.2) is 27.8 Å². The van der Waals surface area contributed by atoms with Crippen LogP contribution in [0.4, 0.5) is 5.00 Å². The van der Waals surface area contributed by atoms with Crippen molar-refractivity contribution >= 4 is 34.0 Å². The van der Waals surface area contributed by atoms with Crippen LogP contribution >= 0.6 is 23.1 Å². The second-order valence-corrected chi connectivity index (χ2v) is 12.0. The number of aryl methyl sites for hydroxylation is 2. The lowest BCUT2D eigenvalue weighted by Crippen LogP contribution is -2.26. The van der Waals surface area contributed by atoms with Crippen molar-refractivity contribution in [2.75, 3.05) is 11.1 Å². The summed E-state index contributed by atoms with van der Waals surface area (Å²) in [5.41, 5.74) is 4.01. The van der Waals surface area contributed by atoms with Crippen molar-refractivity contribution in [3.8, 4) is 11.8 Å². The van der Waals surface area contributed by atoms with Crippen LogP contribution in [-0.4, -0.2) is 21.9 Å². The quantitative estimate of drug-likeness (QED) is 0.384. The first-order valence-corrected chi connectivity index (χ1v) is 13.4. The van der Waals surface area contributed by atoms with E-state index in [9.17, 15) is 10.1 Å². The molecule has 1 N–H and O–H groups in total. The molecule has 0 aliphatic heterocycles. The van der Waals surface area contributed by atoms with Gasteiger partial charge in [-0.1, -0.05) is 50.7 Å². The van der Waals surface area contributed by atoms with E-state index in [0.29, 0.717) is 27.6 Å². The highest BCUT2D eigenvalue weighted by atomic mass is 32.2. The monoisotopic (exact) mass is 510 g/mol. The van der Waals surface area contributed by atoms with Gasteiger partial charge in [-0.3, -0.25) is 4.79 Å². The normalized spacial score (nSPS) is 15.4. The van der Waals surface area contributed by atoms with Crippen molar-refractivity contribution in [2.45, 2.75) is 65.7 Å².